The summed E-state index contributed by atoms with van der Waals surface area (Å²) in [5.74, 6) is 0.314. The first-order chi connectivity index (χ1) is 13.0. The highest BCUT2D eigenvalue weighted by molar-refractivity contribution is 7.89. The molecule has 1 heterocycles. The lowest BCUT2D eigenvalue weighted by Gasteiger charge is -2.29. The van der Waals surface area contributed by atoms with Crippen LogP contribution in [0.1, 0.15) is 35.4 Å². The van der Waals surface area contributed by atoms with Crippen LogP contribution in [0.5, 0.6) is 0 Å². The van der Waals surface area contributed by atoms with E-state index >= 15 is 0 Å². The number of sulfonamides is 1. The predicted octanol–water partition coefficient (Wildman–Crippen LogP) is 3.11. The molecule has 1 aliphatic heterocycles. The second-order valence-electron chi connectivity index (χ2n) is 7.47. The molecule has 140 valence electrons. The van der Waals surface area contributed by atoms with E-state index in [0.29, 0.717) is 23.7 Å². The van der Waals surface area contributed by atoms with Crippen molar-refractivity contribution in [3.63, 3.8) is 0 Å². The predicted molar refractivity (Wildman–Crippen MR) is 105 cm³/mol. The van der Waals surface area contributed by atoms with Crippen LogP contribution in [0.4, 0.5) is 5.69 Å². The summed E-state index contributed by atoms with van der Waals surface area (Å²) >= 11 is 0. The summed E-state index contributed by atoms with van der Waals surface area (Å²) in [7, 11) is -3.53. The molecule has 1 N–H and O–H groups in total. The van der Waals surface area contributed by atoms with Crippen molar-refractivity contribution >= 4 is 15.7 Å². The molecule has 0 aromatic heterocycles. The highest BCUT2D eigenvalue weighted by Crippen LogP contribution is 2.44. The average molecular weight is 382 g/mol. The van der Waals surface area contributed by atoms with Crippen LogP contribution in [-0.2, 0) is 16.4 Å². The van der Waals surface area contributed by atoms with E-state index in [2.05, 4.69) is 27.8 Å². The molecule has 2 atom stereocenters. The number of hydrogen-bond donors (Lipinski definition) is 1. The normalized spacial score (nSPS) is 21.0. The molecule has 0 saturated heterocycles. The summed E-state index contributed by atoms with van der Waals surface area (Å²) in [5.41, 5.74) is 4.82. The lowest BCUT2D eigenvalue weighted by Crippen LogP contribution is -2.40. The van der Waals surface area contributed by atoms with Gasteiger partial charge < -0.3 is 4.90 Å². The summed E-state index contributed by atoms with van der Waals surface area (Å²) in [5, 5.41) is 8.91. The molecule has 2 aromatic carbocycles. The van der Waals surface area contributed by atoms with Crippen molar-refractivity contribution in [3.05, 3.63) is 59.2 Å². The van der Waals surface area contributed by atoms with E-state index in [0.717, 1.165) is 25.1 Å². The first-order valence-electron chi connectivity index (χ1n) is 9.30. The Balaban J connectivity index is 1.55. The number of nitrogens with zero attached hydrogens (tertiary/aromatic N) is 2. The van der Waals surface area contributed by atoms with Crippen molar-refractivity contribution in [3.8, 4) is 6.07 Å². The average Bonchev–Trinajstić information content (AvgIpc) is 2.99. The first kappa shape index (κ1) is 18.0. The lowest BCUT2D eigenvalue weighted by molar-refractivity contribution is 0.465. The molecule has 2 aromatic rings. The molecule has 0 fully saturated rings. The third kappa shape index (κ3) is 3.45. The maximum atomic E-state index is 12.8. The van der Waals surface area contributed by atoms with Gasteiger partial charge in [-0.25, -0.2) is 13.1 Å². The van der Waals surface area contributed by atoms with Gasteiger partial charge >= 0.3 is 0 Å². The van der Waals surface area contributed by atoms with Gasteiger partial charge in [-0.3, -0.25) is 0 Å². The Hall–Kier alpha value is -2.36. The van der Waals surface area contributed by atoms with Crippen molar-refractivity contribution in [2.75, 3.05) is 18.0 Å². The van der Waals surface area contributed by atoms with E-state index < -0.39 is 10.0 Å². The number of aryl methyl sites for hydroxylation is 1. The molecular weight excluding hydrogens is 358 g/mol. The molecule has 0 bridgehead atoms. The van der Waals surface area contributed by atoms with E-state index in [1.54, 1.807) is 12.1 Å². The Morgan fingerprint density at radius 3 is 2.74 bits per heavy atom. The number of hydrogen-bond acceptors (Lipinski definition) is 4. The van der Waals surface area contributed by atoms with Crippen molar-refractivity contribution in [1.29, 1.82) is 5.26 Å². The van der Waals surface area contributed by atoms with Gasteiger partial charge in [0.1, 0.15) is 0 Å². The van der Waals surface area contributed by atoms with E-state index in [1.807, 2.05) is 25.1 Å². The van der Waals surface area contributed by atoms with Crippen LogP contribution in [0.15, 0.2) is 47.4 Å². The quantitative estimate of drug-likeness (QED) is 0.864. The first-order valence-corrected chi connectivity index (χ1v) is 10.8. The van der Waals surface area contributed by atoms with Crippen LogP contribution in [0.3, 0.4) is 0 Å². The number of nitriles is 1. The summed E-state index contributed by atoms with van der Waals surface area (Å²) in [6.45, 7) is 3.53. The standard InChI is InChI=1S/C21H23N3O2S/c1-15-6-8-19(9-7-15)27(25,26)23-18-12-16-4-2-5-20-21(16)17(13-18)14-24(20)11-3-10-22/h2,4-9,17-18,23H,3,11-14H2,1H3. The zero-order valence-corrected chi connectivity index (χ0v) is 16.2. The van der Waals surface area contributed by atoms with Gasteiger partial charge in [0.15, 0.2) is 0 Å². The zero-order chi connectivity index (χ0) is 19.0. The lowest BCUT2D eigenvalue weighted by atomic mass is 9.82. The van der Waals surface area contributed by atoms with Crippen LogP contribution in [-0.4, -0.2) is 27.5 Å². The summed E-state index contributed by atoms with van der Waals surface area (Å²) in [6.07, 6.45) is 1.99. The van der Waals surface area contributed by atoms with Crippen LogP contribution in [0.2, 0.25) is 0 Å². The van der Waals surface area contributed by atoms with E-state index in [1.165, 1.54) is 16.8 Å². The molecule has 0 amide bonds. The maximum Gasteiger partial charge on any atom is 0.240 e. The van der Waals surface area contributed by atoms with Crippen LogP contribution in [0.25, 0.3) is 0 Å². The molecule has 4 rings (SSSR count). The Morgan fingerprint density at radius 1 is 1.22 bits per heavy atom. The number of rotatable bonds is 5. The van der Waals surface area contributed by atoms with E-state index in [9.17, 15) is 8.42 Å². The fraction of sp³-hybridized carbons (Fsp3) is 0.381. The molecule has 27 heavy (non-hydrogen) atoms. The molecule has 2 unspecified atom stereocenters. The molecular formula is C21H23N3O2S. The SMILES string of the molecule is Cc1ccc(S(=O)(=O)NC2Cc3cccc4c3C(C2)CN4CCC#N)cc1. The Bertz CT molecular complexity index is 993. The number of nitrogens with one attached hydrogen (secondary N) is 1. The van der Waals surface area contributed by atoms with Gasteiger partial charge in [-0.05, 0) is 49.1 Å². The topological polar surface area (TPSA) is 73.2 Å². The van der Waals surface area contributed by atoms with Gasteiger partial charge in [-0.1, -0.05) is 29.8 Å². The summed E-state index contributed by atoms with van der Waals surface area (Å²) < 4.78 is 28.5. The van der Waals surface area contributed by atoms with Crippen LogP contribution in [0, 0.1) is 18.3 Å². The highest BCUT2D eigenvalue weighted by atomic mass is 32.2. The second kappa shape index (κ2) is 6.99. The minimum Gasteiger partial charge on any atom is -0.370 e. The molecule has 5 nitrogen and oxygen atoms in total. The Kier molecular flexibility index (Phi) is 4.67. The monoisotopic (exact) mass is 381 g/mol. The van der Waals surface area contributed by atoms with Gasteiger partial charge in [0.2, 0.25) is 10.0 Å². The smallest absolute Gasteiger partial charge is 0.240 e. The fourth-order valence-electron chi connectivity index (χ4n) is 4.36. The second-order valence-corrected chi connectivity index (χ2v) is 9.19. The Labute approximate surface area is 160 Å². The maximum absolute atomic E-state index is 12.8. The zero-order valence-electron chi connectivity index (χ0n) is 15.4. The van der Waals surface area contributed by atoms with E-state index in [4.69, 9.17) is 5.26 Å². The molecule has 0 spiro atoms. The highest BCUT2D eigenvalue weighted by Gasteiger charge is 2.37. The third-order valence-corrected chi connectivity index (χ3v) is 7.08. The number of benzene rings is 2. The molecule has 6 heteroatoms. The largest absolute Gasteiger partial charge is 0.370 e. The molecule has 1 aliphatic carbocycles. The third-order valence-electron chi connectivity index (χ3n) is 5.55. The number of anilines is 1. The van der Waals surface area contributed by atoms with Gasteiger partial charge in [0.25, 0.3) is 0 Å². The van der Waals surface area contributed by atoms with Crippen molar-refractivity contribution in [1.82, 2.24) is 4.72 Å². The van der Waals surface area contributed by atoms with Crippen molar-refractivity contribution in [2.24, 2.45) is 0 Å². The van der Waals surface area contributed by atoms with Gasteiger partial charge in [0.05, 0.1) is 17.4 Å². The van der Waals surface area contributed by atoms with Crippen molar-refractivity contribution in [2.45, 2.75) is 43.0 Å². The Morgan fingerprint density at radius 2 is 2.00 bits per heavy atom. The minimum atomic E-state index is -3.53. The molecule has 2 aliphatic rings. The van der Waals surface area contributed by atoms with Crippen LogP contribution >= 0.6 is 0 Å². The van der Waals surface area contributed by atoms with Gasteiger partial charge in [-0.15, -0.1) is 0 Å². The molecule has 0 radical (unpaired) electrons. The molecule has 0 saturated carbocycles. The van der Waals surface area contributed by atoms with Crippen LogP contribution < -0.4 is 9.62 Å². The van der Waals surface area contributed by atoms with Crippen molar-refractivity contribution < 1.29 is 8.42 Å². The van der Waals surface area contributed by atoms with E-state index in [-0.39, 0.29) is 6.04 Å². The fourth-order valence-corrected chi connectivity index (χ4v) is 5.61. The summed E-state index contributed by atoms with van der Waals surface area (Å²) in [6, 6.07) is 15.3. The van der Waals surface area contributed by atoms with Gasteiger partial charge in [0, 0.05) is 30.7 Å². The minimum absolute atomic E-state index is 0.111. The van der Waals surface area contributed by atoms with Gasteiger partial charge in [-0.2, -0.15) is 5.26 Å². The summed E-state index contributed by atoms with van der Waals surface area (Å²) in [4.78, 5) is 2.58.